The van der Waals surface area contributed by atoms with Gasteiger partial charge in [0.2, 0.25) is 11.8 Å². The zero-order valence-corrected chi connectivity index (χ0v) is 13.7. The summed E-state index contributed by atoms with van der Waals surface area (Å²) in [6.45, 7) is 4.45. The molecule has 0 aromatic carbocycles. The maximum Gasteiger partial charge on any atom is 0.239 e. The van der Waals surface area contributed by atoms with E-state index in [-0.39, 0.29) is 36.3 Å². The Bertz CT molecular complexity index is 346. The molecule has 2 saturated heterocycles. The summed E-state index contributed by atoms with van der Waals surface area (Å²) in [4.78, 5) is 26.1. The van der Waals surface area contributed by atoms with Crippen molar-refractivity contribution in [3.8, 4) is 0 Å². The van der Waals surface area contributed by atoms with Gasteiger partial charge in [0, 0.05) is 25.6 Å². The highest BCUT2D eigenvalue weighted by Crippen LogP contribution is 2.15. The highest BCUT2D eigenvalue weighted by molar-refractivity contribution is 5.85. The summed E-state index contributed by atoms with van der Waals surface area (Å²) in [5.74, 6) is 0.335. The van der Waals surface area contributed by atoms with E-state index < -0.39 is 0 Å². The number of halogens is 1. The van der Waals surface area contributed by atoms with E-state index in [2.05, 4.69) is 10.6 Å². The number of hydrogen-bond acceptors (Lipinski definition) is 3. The van der Waals surface area contributed by atoms with E-state index in [4.69, 9.17) is 0 Å². The second-order valence-corrected chi connectivity index (χ2v) is 5.94. The lowest BCUT2D eigenvalue weighted by molar-refractivity contribution is -0.136. The molecular weight excluding hydrogens is 290 g/mol. The molecule has 2 amide bonds. The molecule has 0 aromatic rings. The highest BCUT2D eigenvalue weighted by atomic mass is 35.5. The molecule has 6 heteroatoms. The van der Waals surface area contributed by atoms with E-state index in [1.807, 2.05) is 11.8 Å². The first kappa shape index (κ1) is 18.2. The Morgan fingerprint density at radius 2 is 2.05 bits per heavy atom. The van der Waals surface area contributed by atoms with Crippen molar-refractivity contribution in [1.82, 2.24) is 15.5 Å². The second kappa shape index (κ2) is 9.26. The van der Waals surface area contributed by atoms with Gasteiger partial charge in [-0.1, -0.05) is 13.3 Å². The monoisotopic (exact) mass is 317 g/mol. The summed E-state index contributed by atoms with van der Waals surface area (Å²) in [7, 11) is 0. The van der Waals surface area contributed by atoms with E-state index >= 15 is 0 Å². The average Bonchev–Trinajstić information content (AvgIpc) is 2.48. The number of rotatable bonds is 4. The summed E-state index contributed by atoms with van der Waals surface area (Å²) in [5.41, 5.74) is 0. The van der Waals surface area contributed by atoms with Crippen LogP contribution in [0.2, 0.25) is 0 Å². The third-order valence-electron chi connectivity index (χ3n) is 4.18. The summed E-state index contributed by atoms with van der Waals surface area (Å²) in [5, 5.41) is 6.37. The van der Waals surface area contributed by atoms with E-state index in [1.54, 1.807) is 0 Å². The van der Waals surface area contributed by atoms with Crippen LogP contribution in [0.15, 0.2) is 0 Å². The average molecular weight is 318 g/mol. The number of piperidine rings is 2. The molecule has 2 fully saturated rings. The molecule has 2 atom stereocenters. The van der Waals surface area contributed by atoms with Gasteiger partial charge in [0.25, 0.3) is 0 Å². The zero-order chi connectivity index (χ0) is 14.4. The quantitative estimate of drug-likeness (QED) is 0.825. The number of carbonyl (C=O) groups is 2. The fourth-order valence-corrected chi connectivity index (χ4v) is 3.11. The van der Waals surface area contributed by atoms with Crippen molar-refractivity contribution < 1.29 is 9.59 Å². The predicted octanol–water partition coefficient (Wildman–Crippen LogP) is 1.46. The molecule has 122 valence electrons. The molecule has 0 bridgehead atoms. The predicted molar refractivity (Wildman–Crippen MR) is 85.5 cm³/mol. The first-order chi connectivity index (χ1) is 9.70. The van der Waals surface area contributed by atoms with Gasteiger partial charge in [0.05, 0.1) is 6.04 Å². The van der Waals surface area contributed by atoms with Crippen molar-refractivity contribution in [2.75, 3.05) is 19.6 Å². The minimum Gasteiger partial charge on any atom is -0.352 e. The number of nitrogens with one attached hydrogen (secondary N) is 2. The molecule has 2 N–H and O–H groups in total. The SMILES string of the molecule is CCCC(=O)NC1CCCN(C(=O)C2CCCCN2)C1.Cl. The lowest BCUT2D eigenvalue weighted by atomic mass is 10.0. The lowest BCUT2D eigenvalue weighted by Gasteiger charge is -2.36. The Kier molecular flexibility index (Phi) is 8.04. The molecule has 2 aliphatic rings. The van der Waals surface area contributed by atoms with Gasteiger partial charge in [-0.3, -0.25) is 9.59 Å². The van der Waals surface area contributed by atoms with Crippen molar-refractivity contribution in [2.24, 2.45) is 0 Å². The molecule has 0 radical (unpaired) electrons. The molecule has 21 heavy (non-hydrogen) atoms. The number of amides is 2. The van der Waals surface area contributed by atoms with Crippen LogP contribution < -0.4 is 10.6 Å². The van der Waals surface area contributed by atoms with Crippen LogP contribution in [-0.2, 0) is 9.59 Å². The number of hydrogen-bond donors (Lipinski definition) is 2. The Morgan fingerprint density at radius 3 is 2.71 bits per heavy atom. The Labute approximate surface area is 133 Å². The van der Waals surface area contributed by atoms with Crippen molar-refractivity contribution in [3.05, 3.63) is 0 Å². The normalized spacial score (nSPS) is 25.9. The molecule has 2 heterocycles. The Hall–Kier alpha value is -0.810. The number of nitrogens with zero attached hydrogens (tertiary/aromatic N) is 1. The van der Waals surface area contributed by atoms with Crippen LogP contribution >= 0.6 is 12.4 Å². The van der Waals surface area contributed by atoms with Crippen LogP contribution in [0.1, 0.15) is 51.9 Å². The molecule has 5 nitrogen and oxygen atoms in total. The van der Waals surface area contributed by atoms with E-state index in [0.29, 0.717) is 13.0 Å². The molecule has 2 unspecified atom stereocenters. The smallest absolute Gasteiger partial charge is 0.239 e. The highest BCUT2D eigenvalue weighted by Gasteiger charge is 2.29. The van der Waals surface area contributed by atoms with Gasteiger partial charge in [-0.2, -0.15) is 0 Å². The largest absolute Gasteiger partial charge is 0.352 e. The summed E-state index contributed by atoms with van der Waals surface area (Å²) >= 11 is 0. The van der Waals surface area contributed by atoms with Gasteiger partial charge >= 0.3 is 0 Å². The molecule has 0 aromatic heterocycles. The molecular formula is C15H28ClN3O2. The number of carbonyl (C=O) groups excluding carboxylic acids is 2. The van der Waals surface area contributed by atoms with Gasteiger partial charge in [-0.15, -0.1) is 12.4 Å². The van der Waals surface area contributed by atoms with Gasteiger partial charge in [0.1, 0.15) is 0 Å². The molecule has 0 aliphatic carbocycles. The van der Waals surface area contributed by atoms with E-state index in [9.17, 15) is 9.59 Å². The van der Waals surface area contributed by atoms with Crippen LogP contribution in [0.25, 0.3) is 0 Å². The topological polar surface area (TPSA) is 61.4 Å². The van der Waals surface area contributed by atoms with Crippen LogP contribution in [0, 0.1) is 0 Å². The first-order valence-electron chi connectivity index (χ1n) is 8.02. The molecule has 0 saturated carbocycles. The Balaban J connectivity index is 0.00000220. The second-order valence-electron chi connectivity index (χ2n) is 5.94. The lowest BCUT2D eigenvalue weighted by Crippen LogP contribution is -2.55. The minimum absolute atomic E-state index is 0. The maximum absolute atomic E-state index is 12.5. The maximum atomic E-state index is 12.5. The van der Waals surface area contributed by atoms with Crippen molar-refractivity contribution in [1.29, 1.82) is 0 Å². The van der Waals surface area contributed by atoms with E-state index in [0.717, 1.165) is 45.2 Å². The summed E-state index contributed by atoms with van der Waals surface area (Å²) in [6.07, 6.45) is 6.66. The molecule has 0 spiro atoms. The number of likely N-dealkylation sites (tertiary alicyclic amines) is 1. The van der Waals surface area contributed by atoms with E-state index in [1.165, 1.54) is 6.42 Å². The zero-order valence-electron chi connectivity index (χ0n) is 12.9. The van der Waals surface area contributed by atoms with Crippen molar-refractivity contribution in [2.45, 2.75) is 64.0 Å². The van der Waals surface area contributed by atoms with Crippen molar-refractivity contribution in [3.63, 3.8) is 0 Å². The molecule has 2 rings (SSSR count). The third kappa shape index (κ3) is 5.47. The van der Waals surface area contributed by atoms with Crippen LogP contribution in [0.5, 0.6) is 0 Å². The van der Waals surface area contributed by atoms with Crippen LogP contribution in [0.4, 0.5) is 0 Å². The fraction of sp³-hybridized carbons (Fsp3) is 0.867. The minimum atomic E-state index is -0.00570. The van der Waals surface area contributed by atoms with Gasteiger partial charge < -0.3 is 15.5 Å². The first-order valence-corrected chi connectivity index (χ1v) is 8.02. The van der Waals surface area contributed by atoms with Crippen LogP contribution in [0.3, 0.4) is 0 Å². The Morgan fingerprint density at radius 1 is 1.24 bits per heavy atom. The summed E-state index contributed by atoms with van der Waals surface area (Å²) in [6, 6.07) is 0.129. The van der Waals surface area contributed by atoms with Crippen LogP contribution in [-0.4, -0.2) is 48.4 Å². The fourth-order valence-electron chi connectivity index (χ4n) is 3.11. The van der Waals surface area contributed by atoms with Gasteiger partial charge in [-0.05, 0) is 38.6 Å². The standard InChI is InChI=1S/C15H27N3O2.ClH/c1-2-6-14(19)17-12-7-5-10-18(11-12)15(20)13-8-3-4-9-16-13;/h12-13,16H,2-11H2,1H3,(H,17,19);1H. The summed E-state index contributed by atoms with van der Waals surface area (Å²) < 4.78 is 0. The van der Waals surface area contributed by atoms with Gasteiger partial charge in [-0.25, -0.2) is 0 Å². The molecule has 2 aliphatic heterocycles. The van der Waals surface area contributed by atoms with Gasteiger partial charge in [0.15, 0.2) is 0 Å². The van der Waals surface area contributed by atoms with Crippen molar-refractivity contribution >= 4 is 24.2 Å². The third-order valence-corrected chi connectivity index (χ3v) is 4.18.